The molecule has 28 heavy (non-hydrogen) atoms. The van der Waals surface area contributed by atoms with E-state index in [1.54, 1.807) is 32.4 Å². The molecule has 0 atom stereocenters. The number of nitrogens with one attached hydrogen (secondary N) is 2. The smallest absolute Gasteiger partial charge is 0.261 e. The second kappa shape index (κ2) is 8.43. The van der Waals surface area contributed by atoms with Gasteiger partial charge in [-0.05, 0) is 42.3 Å². The summed E-state index contributed by atoms with van der Waals surface area (Å²) in [6.45, 7) is 2.26. The summed E-state index contributed by atoms with van der Waals surface area (Å²) in [7, 11) is 3.11. The topological polar surface area (TPSA) is 80.4 Å². The number of H-pyrrole nitrogens is 1. The largest absolute Gasteiger partial charge is 0.493 e. The van der Waals surface area contributed by atoms with Gasteiger partial charge in [-0.15, -0.1) is 0 Å². The monoisotopic (exact) mass is 378 g/mol. The Balaban J connectivity index is 1.72. The van der Waals surface area contributed by atoms with Crippen LogP contribution < -0.4 is 20.3 Å². The summed E-state index contributed by atoms with van der Waals surface area (Å²) in [5, 5.41) is 2.76. The fraction of sp³-hybridized carbons (Fsp3) is 0.182. The minimum absolute atomic E-state index is 0.0661. The first kappa shape index (κ1) is 19.2. The van der Waals surface area contributed by atoms with Crippen molar-refractivity contribution in [3.63, 3.8) is 0 Å². The Kier molecular flexibility index (Phi) is 5.79. The molecule has 3 aromatic rings. The molecule has 1 heterocycles. The summed E-state index contributed by atoms with van der Waals surface area (Å²) in [4.78, 5) is 27.6. The average molecular weight is 378 g/mol. The van der Waals surface area contributed by atoms with Gasteiger partial charge in [-0.2, -0.15) is 0 Å². The van der Waals surface area contributed by atoms with Crippen LogP contribution in [-0.2, 0) is 6.54 Å². The highest BCUT2D eigenvalue weighted by Crippen LogP contribution is 2.27. The van der Waals surface area contributed by atoms with E-state index in [1.807, 2.05) is 37.3 Å². The van der Waals surface area contributed by atoms with Gasteiger partial charge < -0.3 is 19.8 Å². The number of carbonyl (C=O) groups excluding carboxylic acids is 1. The Labute approximate surface area is 163 Å². The number of hydrogen-bond acceptors (Lipinski definition) is 4. The van der Waals surface area contributed by atoms with Gasteiger partial charge in [0.2, 0.25) is 0 Å². The summed E-state index contributed by atoms with van der Waals surface area (Å²) in [5.74, 6) is 0.752. The predicted octanol–water partition coefficient (Wildman–Crippen LogP) is 3.30. The van der Waals surface area contributed by atoms with Gasteiger partial charge >= 0.3 is 0 Å². The molecule has 0 saturated carbocycles. The lowest BCUT2D eigenvalue weighted by atomic mass is 10.1. The maximum atomic E-state index is 12.4. The number of pyridine rings is 1. The molecule has 2 N–H and O–H groups in total. The fourth-order valence-electron chi connectivity index (χ4n) is 2.82. The number of aromatic amines is 1. The number of amides is 1. The molecule has 144 valence electrons. The van der Waals surface area contributed by atoms with Crippen LogP contribution in [0, 0.1) is 6.92 Å². The van der Waals surface area contributed by atoms with Crippen LogP contribution in [-0.4, -0.2) is 25.1 Å². The second-order valence-corrected chi connectivity index (χ2v) is 6.35. The lowest BCUT2D eigenvalue weighted by molar-refractivity contribution is 0.0949. The quantitative estimate of drug-likeness (QED) is 0.690. The highest BCUT2D eigenvalue weighted by atomic mass is 16.5. The Hall–Kier alpha value is -3.54. The fourth-order valence-corrected chi connectivity index (χ4v) is 2.82. The summed E-state index contributed by atoms with van der Waals surface area (Å²) in [5.41, 5.74) is 3.16. The van der Waals surface area contributed by atoms with Crippen molar-refractivity contribution in [2.75, 3.05) is 14.2 Å². The third-order valence-corrected chi connectivity index (χ3v) is 4.42. The molecule has 0 spiro atoms. The summed E-state index contributed by atoms with van der Waals surface area (Å²) in [6, 6.07) is 16.4. The van der Waals surface area contributed by atoms with Crippen molar-refractivity contribution in [3.05, 3.63) is 81.6 Å². The van der Waals surface area contributed by atoms with Crippen molar-refractivity contribution in [3.8, 4) is 22.8 Å². The van der Waals surface area contributed by atoms with Crippen molar-refractivity contribution < 1.29 is 14.3 Å². The van der Waals surface area contributed by atoms with E-state index in [-0.39, 0.29) is 12.1 Å². The predicted molar refractivity (Wildman–Crippen MR) is 108 cm³/mol. The van der Waals surface area contributed by atoms with Gasteiger partial charge in [0, 0.05) is 12.2 Å². The zero-order chi connectivity index (χ0) is 20.1. The summed E-state index contributed by atoms with van der Waals surface area (Å²) < 4.78 is 10.5. The van der Waals surface area contributed by atoms with Crippen LogP contribution in [0.4, 0.5) is 0 Å². The van der Waals surface area contributed by atoms with E-state index >= 15 is 0 Å². The van der Waals surface area contributed by atoms with E-state index in [0.717, 1.165) is 16.7 Å². The normalized spacial score (nSPS) is 10.4. The maximum absolute atomic E-state index is 12.4. The van der Waals surface area contributed by atoms with Crippen LogP contribution in [0.5, 0.6) is 11.5 Å². The standard InChI is InChI=1S/C22H22N2O4/c1-14-4-7-16(8-5-14)18-10-9-17(22(26)24-18)21(25)23-13-15-6-11-19(27-2)20(12-15)28-3/h4-12H,13H2,1-3H3,(H,23,25)(H,24,26). The first-order chi connectivity index (χ1) is 13.5. The number of hydrogen-bond donors (Lipinski definition) is 2. The third kappa shape index (κ3) is 4.23. The number of methoxy groups -OCH3 is 2. The molecule has 0 aliphatic carbocycles. The first-order valence-electron chi connectivity index (χ1n) is 8.81. The van der Waals surface area contributed by atoms with E-state index in [0.29, 0.717) is 17.2 Å². The van der Waals surface area contributed by atoms with Gasteiger partial charge in [-0.25, -0.2) is 0 Å². The molecule has 2 aromatic carbocycles. The van der Waals surface area contributed by atoms with Crippen LogP contribution in [0.1, 0.15) is 21.5 Å². The Morgan fingerprint density at radius 2 is 1.68 bits per heavy atom. The van der Waals surface area contributed by atoms with E-state index < -0.39 is 11.5 Å². The van der Waals surface area contributed by atoms with Gasteiger partial charge in [0.1, 0.15) is 5.56 Å². The lowest BCUT2D eigenvalue weighted by Gasteiger charge is -2.10. The van der Waals surface area contributed by atoms with E-state index in [1.165, 1.54) is 6.07 Å². The molecule has 1 aromatic heterocycles. The molecule has 6 nitrogen and oxygen atoms in total. The van der Waals surface area contributed by atoms with Crippen molar-refractivity contribution in [2.24, 2.45) is 0 Å². The molecular formula is C22H22N2O4. The number of ether oxygens (including phenoxy) is 2. The molecule has 0 unspecified atom stereocenters. The number of benzene rings is 2. The van der Waals surface area contributed by atoms with Crippen LogP contribution in [0.3, 0.4) is 0 Å². The molecule has 3 rings (SSSR count). The molecule has 0 saturated heterocycles. The molecule has 6 heteroatoms. The minimum atomic E-state index is -0.438. The SMILES string of the molecule is COc1ccc(CNC(=O)c2ccc(-c3ccc(C)cc3)[nH]c2=O)cc1OC. The van der Waals surface area contributed by atoms with Crippen LogP contribution in [0.25, 0.3) is 11.3 Å². The third-order valence-electron chi connectivity index (χ3n) is 4.42. The highest BCUT2D eigenvalue weighted by molar-refractivity contribution is 5.94. The van der Waals surface area contributed by atoms with E-state index in [4.69, 9.17) is 9.47 Å². The van der Waals surface area contributed by atoms with E-state index in [2.05, 4.69) is 10.3 Å². The maximum Gasteiger partial charge on any atom is 0.261 e. The van der Waals surface area contributed by atoms with E-state index in [9.17, 15) is 9.59 Å². The molecule has 0 fully saturated rings. The lowest BCUT2D eigenvalue weighted by Crippen LogP contribution is -2.29. The van der Waals surface area contributed by atoms with Crippen LogP contribution in [0.2, 0.25) is 0 Å². The Morgan fingerprint density at radius 3 is 2.32 bits per heavy atom. The van der Waals surface area contributed by atoms with Crippen molar-refractivity contribution in [1.82, 2.24) is 10.3 Å². The number of aryl methyl sites for hydroxylation is 1. The molecule has 1 amide bonds. The second-order valence-electron chi connectivity index (χ2n) is 6.35. The first-order valence-corrected chi connectivity index (χ1v) is 8.81. The van der Waals surface area contributed by atoms with Gasteiger partial charge in [-0.3, -0.25) is 9.59 Å². The average Bonchev–Trinajstić information content (AvgIpc) is 2.72. The van der Waals surface area contributed by atoms with Gasteiger partial charge in [-0.1, -0.05) is 35.9 Å². The highest BCUT2D eigenvalue weighted by Gasteiger charge is 2.12. The summed E-state index contributed by atoms with van der Waals surface area (Å²) >= 11 is 0. The molecule has 0 bridgehead atoms. The van der Waals surface area contributed by atoms with Gasteiger partial charge in [0.05, 0.1) is 14.2 Å². The van der Waals surface area contributed by atoms with Crippen LogP contribution >= 0.6 is 0 Å². The molecular weight excluding hydrogens is 356 g/mol. The van der Waals surface area contributed by atoms with Gasteiger partial charge in [0.25, 0.3) is 11.5 Å². The molecule has 0 aliphatic heterocycles. The Morgan fingerprint density at radius 1 is 0.964 bits per heavy atom. The minimum Gasteiger partial charge on any atom is -0.493 e. The van der Waals surface area contributed by atoms with Crippen molar-refractivity contribution >= 4 is 5.91 Å². The Bertz CT molecular complexity index is 1040. The number of rotatable bonds is 6. The molecule has 0 aliphatic rings. The van der Waals surface area contributed by atoms with Crippen molar-refractivity contribution in [1.29, 1.82) is 0 Å². The van der Waals surface area contributed by atoms with Crippen LogP contribution in [0.15, 0.2) is 59.4 Å². The number of aromatic nitrogens is 1. The zero-order valence-corrected chi connectivity index (χ0v) is 16.0. The number of carbonyl (C=O) groups is 1. The van der Waals surface area contributed by atoms with Crippen molar-refractivity contribution in [2.45, 2.75) is 13.5 Å². The zero-order valence-electron chi connectivity index (χ0n) is 16.0. The molecule has 0 radical (unpaired) electrons. The van der Waals surface area contributed by atoms with Gasteiger partial charge in [0.15, 0.2) is 11.5 Å². The summed E-state index contributed by atoms with van der Waals surface area (Å²) in [6.07, 6.45) is 0.